The third-order valence-corrected chi connectivity index (χ3v) is 5.26. The predicted molar refractivity (Wildman–Crippen MR) is 86.5 cm³/mol. The average Bonchev–Trinajstić information content (AvgIpc) is 2.28. The molecule has 0 atom stereocenters. The second-order valence-electron chi connectivity index (χ2n) is 5.44. The van der Waals surface area contributed by atoms with Crippen molar-refractivity contribution >= 4 is 27.7 Å². The van der Waals surface area contributed by atoms with E-state index in [-0.39, 0.29) is 24.1 Å². The largest absolute Gasteiger partial charge is 0.355 e. The Balaban J connectivity index is 3.62. The monoisotopic (exact) mass is 324 g/mol. The maximum atomic E-state index is 11.5. The highest BCUT2D eigenvalue weighted by Crippen LogP contribution is 2.11. The summed E-state index contributed by atoms with van der Waals surface area (Å²) >= 11 is 1.84. The van der Waals surface area contributed by atoms with Gasteiger partial charge in [0.1, 0.15) is 0 Å². The molecule has 0 unspecified atom stereocenters. The first-order valence-corrected chi connectivity index (χ1v) is 9.78. The molecular formula is C13H28N2O3S2. The lowest BCUT2D eigenvalue weighted by molar-refractivity contribution is -0.121. The van der Waals surface area contributed by atoms with Crippen LogP contribution in [-0.4, -0.2) is 44.2 Å². The van der Waals surface area contributed by atoms with Crippen molar-refractivity contribution < 1.29 is 13.2 Å². The zero-order valence-corrected chi connectivity index (χ0v) is 14.6. The van der Waals surface area contributed by atoms with Gasteiger partial charge in [-0.1, -0.05) is 27.7 Å². The minimum atomic E-state index is -3.21. The molecule has 0 saturated carbocycles. The fourth-order valence-electron chi connectivity index (χ4n) is 1.55. The number of thioether (sulfide) groups is 1. The van der Waals surface area contributed by atoms with Gasteiger partial charge in [0.15, 0.2) is 0 Å². The number of carbonyl (C=O) groups is 1. The van der Waals surface area contributed by atoms with E-state index in [0.29, 0.717) is 18.2 Å². The van der Waals surface area contributed by atoms with Gasteiger partial charge in [0.25, 0.3) is 0 Å². The topological polar surface area (TPSA) is 75.3 Å². The number of hydrogen-bond acceptors (Lipinski definition) is 4. The number of carbonyl (C=O) groups excluding carboxylic acids is 1. The minimum Gasteiger partial charge on any atom is -0.355 e. The third-order valence-electron chi connectivity index (χ3n) is 2.32. The summed E-state index contributed by atoms with van der Waals surface area (Å²) < 4.78 is 25.5. The first-order valence-electron chi connectivity index (χ1n) is 7.08. The Morgan fingerprint density at radius 1 is 1.15 bits per heavy atom. The van der Waals surface area contributed by atoms with E-state index in [4.69, 9.17) is 0 Å². The van der Waals surface area contributed by atoms with Crippen molar-refractivity contribution in [1.29, 1.82) is 0 Å². The van der Waals surface area contributed by atoms with E-state index in [9.17, 15) is 13.2 Å². The summed E-state index contributed by atoms with van der Waals surface area (Å²) in [6, 6.07) is 0. The molecule has 0 aliphatic carbocycles. The molecule has 0 aliphatic heterocycles. The molecule has 0 aliphatic rings. The van der Waals surface area contributed by atoms with Gasteiger partial charge < -0.3 is 5.32 Å². The fraction of sp³-hybridized carbons (Fsp3) is 0.923. The molecule has 1 amide bonds. The number of hydrogen-bond donors (Lipinski definition) is 2. The van der Waals surface area contributed by atoms with E-state index >= 15 is 0 Å². The Morgan fingerprint density at radius 2 is 1.80 bits per heavy atom. The minimum absolute atomic E-state index is 0.0163. The highest BCUT2D eigenvalue weighted by atomic mass is 32.2. The van der Waals surface area contributed by atoms with Gasteiger partial charge in [-0.05, 0) is 23.3 Å². The molecule has 0 fully saturated rings. The molecule has 0 radical (unpaired) electrons. The van der Waals surface area contributed by atoms with Crippen LogP contribution in [0.25, 0.3) is 0 Å². The summed E-state index contributed by atoms with van der Waals surface area (Å²) in [7, 11) is -3.21. The second-order valence-corrected chi connectivity index (χ2v) is 8.98. The van der Waals surface area contributed by atoms with Gasteiger partial charge in [0.05, 0.1) is 5.75 Å². The fourth-order valence-corrected chi connectivity index (χ4v) is 3.74. The van der Waals surface area contributed by atoms with Gasteiger partial charge >= 0.3 is 0 Å². The van der Waals surface area contributed by atoms with Crippen molar-refractivity contribution in [3.8, 4) is 0 Å². The van der Waals surface area contributed by atoms with E-state index in [1.165, 1.54) is 0 Å². The standard InChI is InChI=1S/C13H28N2O3S2/c1-11(2)10-20(17,18)15-8-7-14-13(16)6-5-9-19-12(3)4/h11-12,15H,5-10H2,1-4H3,(H,14,16). The van der Waals surface area contributed by atoms with Crippen LogP contribution in [0.15, 0.2) is 0 Å². The van der Waals surface area contributed by atoms with Gasteiger partial charge in [-0.3, -0.25) is 4.79 Å². The molecular weight excluding hydrogens is 296 g/mol. The van der Waals surface area contributed by atoms with Crippen LogP contribution in [0, 0.1) is 5.92 Å². The molecule has 0 heterocycles. The highest BCUT2D eigenvalue weighted by molar-refractivity contribution is 7.99. The normalized spacial score (nSPS) is 12.1. The first kappa shape index (κ1) is 19.7. The maximum Gasteiger partial charge on any atom is 0.220 e. The van der Waals surface area contributed by atoms with Crippen molar-refractivity contribution in [2.24, 2.45) is 5.92 Å². The lowest BCUT2D eigenvalue weighted by Crippen LogP contribution is -2.36. The Labute approximate surface area is 127 Å². The van der Waals surface area contributed by atoms with Crippen LogP contribution < -0.4 is 10.0 Å². The Bertz CT molecular complexity index is 368. The number of sulfonamides is 1. The van der Waals surface area contributed by atoms with Crippen LogP contribution in [-0.2, 0) is 14.8 Å². The van der Waals surface area contributed by atoms with Crippen LogP contribution >= 0.6 is 11.8 Å². The van der Waals surface area contributed by atoms with Gasteiger partial charge in [0, 0.05) is 19.5 Å². The lowest BCUT2D eigenvalue weighted by atomic mass is 10.3. The van der Waals surface area contributed by atoms with Crippen molar-refractivity contribution in [1.82, 2.24) is 10.0 Å². The van der Waals surface area contributed by atoms with Gasteiger partial charge in [-0.15, -0.1) is 0 Å². The first-order chi connectivity index (χ1) is 9.23. The summed E-state index contributed by atoms with van der Waals surface area (Å²) in [5.41, 5.74) is 0. The van der Waals surface area contributed by atoms with Crippen LogP contribution in [0.3, 0.4) is 0 Å². The Hall–Kier alpha value is -0.270. The van der Waals surface area contributed by atoms with Crippen molar-refractivity contribution in [3.05, 3.63) is 0 Å². The average molecular weight is 325 g/mol. The molecule has 5 nitrogen and oxygen atoms in total. The number of nitrogens with one attached hydrogen (secondary N) is 2. The Kier molecular flexibility index (Phi) is 10.3. The van der Waals surface area contributed by atoms with Crippen LogP contribution in [0.1, 0.15) is 40.5 Å². The van der Waals surface area contributed by atoms with E-state index < -0.39 is 10.0 Å². The SMILES string of the molecule is CC(C)CS(=O)(=O)NCCNC(=O)CCCSC(C)C. The molecule has 0 saturated heterocycles. The quantitative estimate of drug-likeness (QED) is 0.566. The molecule has 0 aromatic carbocycles. The van der Waals surface area contributed by atoms with Crippen LogP contribution in [0.2, 0.25) is 0 Å². The van der Waals surface area contributed by atoms with Crippen LogP contribution in [0.4, 0.5) is 0 Å². The zero-order valence-electron chi connectivity index (χ0n) is 12.9. The second kappa shape index (κ2) is 10.5. The zero-order chi connectivity index (χ0) is 15.6. The van der Waals surface area contributed by atoms with Crippen molar-refractivity contribution in [2.75, 3.05) is 24.6 Å². The van der Waals surface area contributed by atoms with Crippen LogP contribution in [0.5, 0.6) is 0 Å². The van der Waals surface area contributed by atoms with Gasteiger partial charge in [-0.25, -0.2) is 13.1 Å². The third kappa shape index (κ3) is 12.7. The number of amides is 1. The van der Waals surface area contributed by atoms with Gasteiger partial charge in [0.2, 0.25) is 15.9 Å². The summed E-state index contributed by atoms with van der Waals surface area (Å²) in [5, 5.41) is 3.31. The summed E-state index contributed by atoms with van der Waals surface area (Å²) in [5.74, 6) is 1.18. The molecule has 0 rings (SSSR count). The maximum absolute atomic E-state index is 11.5. The van der Waals surface area contributed by atoms with E-state index in [0.717, 1.165) is 12.2 Å². The van der Waals surface area contributed by atoms with Crippen molar-refractivity contribution in [2.45, 2.75) is 45.8 Å². The molecule has 120 valence electrons. The number of rotatable bonds is 11. The summed E-state index contributed by atoms with van der Waals surface area (Å²) in [6.07, 6.45) is 1.35. The molecule has 0 aromatic rings. The van der Waals surface area contributed by atoms with E-state index in [1.807, 2.05) is 25.6 Å². The molecule has 0 aromatic heterocycles. The van der Waals surface area contributed by atoms with Gasteiger partial charge in [-0.2, -0.15) is 11.8 Å². The summed E-state index contributed by atoms with van der Waals surface area (Å²) in [6.45, 7) is 8.57. The molecule has 20 heavy (non-hydrogen) atoms. The smallest absolute Gasteiger partial charge is 0.220 e. The molecule has 2 N–H and O–H groups in total. The predicted octanol–water partition coefficient (Wildman–Crippen LogP) is 1.60. The van der Waals surface area contributed by atoms with E-state index in [1.54, 1.807) is 0 Å². The van der Waals surface area contributed by atoms with Crippen molar-refractivity contribution in [3.63, 3.8) is 0 Å². The Morgan fingerprint density at radius 3 is 2.35 bits per heavy atom. The molecule has 0 bridgehead atoms. The molecule has 7 heteroatoms. The highest BCUT2D eigenvalue weighted by Gasteiger charge is 2.11. The molecule has 0 spiro atoms. The summed E-state index contributed by atoms with van der Waals surface area (Å²) in [4.78, 5) is 11.5. The lowest BCUT2D eigenvalue weighted by Gasteiger charge is -2.09. The van der Waals surface area contributed by atoms with E-state index in [2.05, 4.69) is 23.9 Å².